The maximum atomic E-state index is 12.1. The molecule has 2 rings (SSSR count). The number of anilines is 2. The van der Waals surface area contributed by atoms with Crippen LogP contribution < -0.4 is 10.2 Å². The molecule has 0 saturated heterocycles. The molecule has 1 aromatic rings. The van der Waals surface area contributed by atoms with Crippen molar-refractivity contribution in [1.82, 2.24) is 4.98 Å². The number of nitrogens with zero attached hydrogens (tertiary/aromatic N) is 2. The Morgan fingerprint density at radius 3 is 2.60 bits per heavy atom. The van der Waals surface area contributed by atoms with E-state index in [1.54, 1.807) is 6.20 Å². The van der Waals surface area contributed by atoms with Gasteiger partial charge < -0.3 is 15.0 Å². The predicted octanol–water partition coefficient (Wildman–Crippen LogP) is 2.29. The van der Waals surface area contributed by atoms with E-state index in [-0.39, 0.29) is 23.5 Å². The van der Waals surface area contributed by atoms with Gasteiger partial charge in [0.2, 0.25) is 5.91 Å². The van der Waals surface area contributed by atoms with E-state index >= 15 is 0 Å². The molecule has 0 unspecified atom stereocenters. The number of nitrogens with one attached hydrogen (secondary N) is 1. The number of aromatic nitrogens is 1. The van der Waals surface area contributed by atoms with Crippen LogP contribution in [-0.4, -0.2) is 36.7 Å². The van der Waals surface area contributed by atoms with Gasteiger partial charge in [-0.05, 0) is 39.3 Å². The van der Waals surface area contributed by atoms with Crippen LogP contribution >= 0.6 is 0 Å². The molecule has 0 radical (unpaired) electrons. The molecule has 1 aliphatic rings. The number of hydrogen-bond donors (Lipinski definition) is 1. The zero-order valence-electron chi connectivity index (χ0n) is 12.8. The Morgan fingerprint density at radius 1 is 1.40 bits per heavy atom. The van der Waals surface area contributed by atoms with Crippen LogP contribution in [0, 0.1) is 5.92 Å². The largest absolute Gasteiger partial charge is 0.372 e. The first-order valence-electron chi connectivity index (χ1n) is 6.88. The standard InChI is InChI=1S/C15H23N3O2/c1-15(2,3)20-12-8-11(12)14(19)17-10-6-7-13(16-9-10)18(4)5/h6-7,9,11-12H,8H2,1-5H3,(H,17,19)/t11-,12-/m1/s1. The number of carbonyl (C=O) groups is 1. The molecule has 0 aliphatic heterocycles. The Bertz CT molecular complexity index is 477. The summed E-state index contributed by atoms with van der Waals surface area (Å²) in [5.41, 5.74) is 0.524. The molecule has 110 valence electrons. The Labute approximate surface area is 120 Å². The fourth-order valence-electron chi connectivity index (χ4n) is 1.99. The highest BCUT2D eigenvalue weighted by molar-refractivity contribution is 5.94. The molecular formula is C15H23N3O2. The maximum Gasteiger partial charge on any atom is 0.230 e. The van der Waals surface area contributed by atoms with Gasteiger partial charge >= 0.3 is 0 Å². The highest BCUT2D eigenvalue weighted by Crippen LogP contribution is 2.37. The topological polar surface area (TPSA) is 54.5 Å². The Balaban J connectivity index is 1.87. The molecule has 1 aromatic heterocycles. The van der Waals surface area contributed by atoms with Crippen LogP contribution in [0.4, 0.5) is 11.5 Å². The minimum atomic E-state index is -0.200. The average Bonchev–Trinajstić information content (AvgIpc) is 3.06. The predicted molar refractivity (Wildman–Crippen MR) is 79.9 cm³/mol. The molecule has 1 saturated carbocycles. The maximum absolute atomic E-state index is 12.1. The fraction of sp³-hybridized carbons (Fsp3) is 0.600. The van der Waals surface area contributed by atoms with E-state index in [4.69, 9.17) is 4.74 Å². The van der Waals surface area contributed by atoms with Crippen molar-refractivity contribution < 1.29 is 9.53 Å². The van der Waals surface area contributed by atoms with Crippen molar-refractivity contribution in [3.63, 3.8) is 0 Å². The lowest BCUT2D eigenvalue weighted by molar-refractivity contribution is -0.119. The van der Waals surface area contributed by atoms with Gasteiger partial charge in [-0.1, -0.05) is 0 Å². The summed E-state index contributed by atoms with van der Waals surface area (Å²) in [4.78, 5) is 18.2. The number of amides is 1. The summed E-state index contributed by atoms with van der Waals surface area (Å²) in [7, 11) is 3.86. The van der Waals surface area contributed by atoms with Crippen LogP contribution in [0.5, 0.6) is 0 Å². The van der Waals surface area contributed by atoms with Crippen LogP contribution in [0.1, 0.15) is 27.2 Å². The second-order valence-corrected chi connectivity index (χ2v) is 6.40. The molecule has 1 amide bonds. The Kier molecular flexibility index (Phi) is 3.99. The summed E-state index contributed by atoms with van der Waals surface area (Å²) in [6.45, 7) is 6.01. The fourth-order valence-corrected chi connectivity index (χ4v) is 1.99. The van der Waals surface area contributed by atoms with Crippen LogP contribution in [0.25, 0.3) is 0 Å². The SMILES string of the molecule is CN(C)c1ccc(NC(=O)[C@@H]2C[C@H]2OC(C)(C)C)cn1. The van der Waals surface area contributed by atoms with Crippen molar-refractivity contribution in [2.24, 2.45) is 5.92 Å². The molecule has 5 heteroatoms. The van der Waals surface area contributed by atoms with Crippen LogP contribution in [0.3, 0.4) is 0 Å². The first-order chi connectivity index (χ1) is 9.26. The van der Waals surface area contributed by atoms with E-state index in [9.17, 15) is 4.79 Å². The molecule has 2 atom stereocenters. The molecule has 20 heavy (non-hydrogen) atoms. The third-order valence-electron chi connectivity index (χ3n) is 3.05. The molecule has 1 fully saturated rings. The second-order valence-electron chi connectivity index (χ2n) is 6.40. The Morgan fingerprint density at radius 2 is 2.10 bits per heavy atom. The van der Waals surface area contributed by atoms with Crippen LogP contribution in [0.2, 0.25) is 0 Å². The van der Waals surface area contributed by atoms with E-state index in [0.717, 1.165) is 17.9 Å². The monoisotopic (exact) mass is 277 g/mol. The van der Waals surface area contributed by atoms with Gasteiger partial charge in [-0.25, -0.2) is 4.98 Å². The van der Waals surface area contributed by atoms with E-state index < -0.39 is 0 Å². The van der Waals surface area contributed by atoms with Crippen molar-refractivity contribution in [3.8, 4) is 0 Å². The van der Waals surface area contributed by atoms with Crippen molar-refractivity contribution in [3.05, 3.63) is 18.3 Å². The van der Waals surface area contributed by atoms with Crippen molar-refractivity contribution in [2.75, 3.05) is 24.3 Å². The lowest BCUT2D eigenvalue weighted by Crippen LogP contribution is -2.24. The first kappa shape index (κ1) is 14.8. The van der Waals surface area contributed by atoms with E-state index in [0.29, 0.717) is 0 Å². The minimum absolute atomic E-state index is 0.0126. The van der Waals surface area contributed by atoms with E-state index in [1.807, 2.05) is 51.9 Å². The van der Waals surface area contributed by atoms with Crippen molar-refractivity contribution in [1.29, 1.82) is 0 Å². The highest BCUT2D eigenvalue weighted by atomic mass is 16.5. The van der Waals surface area contributed by atoms with Gasteiger partial charge in [0.05, 0.1) is 29.5 Å². The molecule has 5 nitrogen and oxygen atoms in total. The molecule has 1 N–H and O–H groups in total. The summed E-state index contributed by atoms with van der Waals surface area (Å²) in [5.74, 6) is 0.838. The smallest absolute Gasteiger partial charge is 0.230 e. The zero-order valence-corrected chi connectivity index (χ0v) is 12.8. The van der Waals surface area contributed by atoms with Crippen LogP contribution in [0.15, 0.2) is 18.3 Å². The number of carbonyl (C=O) groups excluding carboxylic acids is 1. The average molecular weight is 277 g/mol. The van der Waals surface area contributed by atoms with Gasteiger partial charge in [0.15, 0.2) is 0 Å². The van der Waals surface area contributed by atoms with Crippen LogP contribution in [-0.2, 0) is 9.53 Å². The summed E-state index contributed by atoms with van der Waals surface area (Å²) in [6, 6.07) is 3.74. The highest BCUT2D eigenvalue weighted by Gasteiger charge is 2.46. The lowest BCUT2D eigenvalue weighted by atomic mass is 10.2. The van der Waals surface area contributed by atoms with Crippen molar-refractivity contribution in [2.45, 2.75) is 38.9 Å². The van der Waals surface area contributed by atoms with Crippen molar-refractivity contribution >= 4 is 17.4 Å². The summed E-state index contributed by atoms with van der Waals surface area (Å²) >= 11 is 0. The van der Waals surface area contributed by atoms with Gasteiger partial charge in [-0.3, -0.25) is 4.79 Å². The van der Waals surface area contributed by atoms with Gasteiger partial charge in [-0.15, -0.1) is 0 Å². The zero-order chi connectivity index (χ0) is 14.9. The Hall–Kier alpha value is -1.62. The van der Waals surface area contributed by atoms with Gasteiger partial charge in [0.25, 0.3) is 0 Å². The normalized spacial score (nSPS) is 21.4. The summed E-state index contributed by atoms with van der Waals surface area (Å²) < 4.78 is 5.79. The van der Waals surface area contributed by atoms with E-state index in [2.05, 4.69) is 10.3 Å². The third-order valence-corrected chi connectivity index (χ3v) is 3.05. The molecule has 0 aromatic carbocycles. The molecule has 0 bridgehead atoms. The van der Waals surface area contributed by atoms with E-state index in [1.165, 1.54) is 0 Å². The third kappa shape index (κ3) is 3.93. The molecule has 1 aliphatic carbocycles. The van der Waals surface area contributed by atoms with Gasteiger partial charge in [0.1, 0.15) is 5.82 Å². The lowest BCUT2D eigenvalue weighted by Gasteiger charge is -2.19. The quantitative estimate of drug-likeness (QED) is 0.917. The van der Waals surface area contributed by atoms with Gasteiger partial charge in [-0.2, -0.15) is 0 Å². The second kappa shape index (κ2) is 5.40. The first-order valence-corrected chi connectivity index (χ1v) is 6.88. The summed E-state index contributed by atoms with van der Waals surface area (Å²) in [6.07, 6.45) is 2.52. The van der Waals surface area contributed by atoms with Gasteiger partial charge in [0, 0.05) is 14.1 Å². The molecule has 0 spiro atoms. The minimum Gasteiger partial charge on any atom is -0.372 e. The number of hydrogen-bond acceptors (Lipinski definition) is 4. The molecule has 1 heterocycles. The number of pyridine rings is 1. The molecular weight excluding hydrogens is 254 g/mol. The number of ether oxygens (including phenoxy) is 1. The summed E-state index contributed by atoms with van der Waals surface area (Å²) in [5, 5.41) is 2.89. The number of rotatable bonds is 4.